The van der Waals surface area contributed by atoms with E-state index in [1.165, 1.54) is 0 Å². The number of carbonyl (C=O) groups excluding carboxylic acids is 3. The lowest BCUT2D eigenvalue weighted by Crippen LogP contribution is -2.50. The minimum absolute atomic E-state index is 0.170. The minimum Gasteiger partial charge on any atom is -0.351 e. The third-order valence-electron chi connectivity index (χ3n) is 3.69. The Morgan fingerprint density at radius 1 is 1.21 bits per heavy atom. The number of anilines is 1. The molecule has 162 valence electrons. The van der Waals surface area contributed by atoms with Crippen LogP contribution in [0, 0.1) is 5.92 Å². The number of hydroxylamine groups is 2. The quantitative estimate of drug-likeness (QED) is 0.325. The number of nitrogens with zero attached hydrogens (tertiary/aromatic N) is 1. The third-order valence-corrected chi connectivity index (χ3v) is 3.69. The summed E-state index contributed by atoms with van der Waals surface area (Å²) in [5, 5.41) is 3.74. The molecule has 0 fully saturated rings. The van der Waals surface area contributed by atoms with Gasteiger partial charge < -0.3 is 11.1 Å². The van der Waals surface area contributed by atoms with E-state index in [9.17, 15) is 14.4 Å². The zero-order valence-electron chi connectivity index (χ0n) is 17.8. The van der Waals surface area contributed by atoms with Crippen LogP contribution in [0.2, 0.25) is 0 Å². The normalized spacial score (nSPS) is 12.2. The first kappa shape index (κ1) is 24.4. The zero-order chi connectivity index (χ0) is 22.0. The molecule has 5 N–H and O–H groups in total. The fourth-order valence-corrected chi connectivity index (χ4v) is 2.46. The van der Waals surface area contributed by atoms with E-state index in [1.54, 1.807) is 45.0 Å². The minimum atomic E-state index is -0.791. The average molecular weight is 408 g/mol. The van der Waals surface area contributed by atoms with Gasteiger partial charge in [0.15, 0.2) is 0 Å². The molecule has 0 aromatic heterocycles. The lowest BCUT2D eigenvalue weighted by molar-refractivity contribution is -0.232. The van der Waals surface area contributed by atoms with E-state index < -0.39 is 17.6 Å². The van der Waals surface area contributed by atoms with Gasteiger partial charge in [-0.2, -0.15) is 0 Å². The maximum Gasteiger partial charge on any atom is 0.263 e. The van der Waals surface area contributed by atoms with Crippen LogP contribution in [0.4, 0.5) is 5.69 Å². The summed E-state index contributed by atoms with van der Waals surface area (Å²) in [5.41, 5.74) is 11.2. The first-order valence-electron chi connectivity index (χ1n) is 9.64. The largest absolute Gasteiger partial charge is 0.351 e. The molecule has 0 aliphatic rings. The molecule has 0 aliphatic heterocycles. The van der Waals surface area contributed by atoms with Gasteiger partial charge in [-0.1, -0.05) is 13.8 Å². The Morgan fingerprint density at radius 2 is 1.83 bits per heavy atom. The van der Waals surface area contributed by atoms with Crippen LogP contribution in [0.5, 0.6) is 0 Å². The molecule has 29 heavy (non-hydrogen) atoms. The maximum atomic E-state index is 12.7. The highest BCUT2D eigenvalue weighted by Crippen LogP contribution is 2.17. The number of benzene rings is 1. The Hall–Kier alpha value is -2.65. The number of hydrogen-bond acceptors (Lipinski definition) is 6. The van der Waals surface area contributed by atoms with Gasteiger partial charge in [-0.3, -0.25) is 30.1 Å². The Balaban J connectivity index is 2.77. The van der Waals surface area contributed by atoms with Crippen LogP contribution in [-0.4, -0.2) is 48.0 Å². The first-order chi connectivity index (χ1) is 13.6. The molecule has 1 rings (SSSR count). The summed E-state index contributed by atoms with van der Waals surface area (Å²) in [7, 11) is 0. The molecule has 9 heteroatoms. The number of hydrazine groups is 1. The summed E-state index contributed by atoms with van der Waals surface area (Å²) in [6, 6.07) is 5.80. The van der Waals surface area contributed by atoms with Gasteiger partial charge in [-0.25, -0.2) is 5.06 Å². The van der Waals surface area contributed by atoms with Gasteiger partial charge in [-0.15, -0.1) is 0 Å². The monoisotopic (exact) mass is 407 g/mol. The molecule has 0 heterocycles. The van der Waals surface area contributed by atoms with Crippen molar-refractivity contribution in [3.05, 3.63) is 29.8 Å². The van der Waals surface area contributed by atoms with Crippen molar-refractivity contribution in [3.8, 4) is 0 Å². The van der Waals surface area contributed by atoms with Gasteiger partial charge in [-0.05, 0) is 57.4 Å². The molecule has 0 saturated carbocycles. The molecular weight excluding hydrogens is 374 g/mol. The van der Waals surface area contributed by atoms with E-state index >= 15 is 0 Å². The molecule has 1 atom stereocenters. The van der Waals surface area contributed by atoms with E-state index in [4.69, 9.17) is 10.6 Å². The number of hydrogen-bond donors (Lipinski definition) is 4. The number of nitrogens with two attached hydrogens (primary N) is 1. The molecule has 0 bridgehead atoms. The smallest absolute Gasteiger partial charge is 0.263 e. The van der Waals surface area contributed by atoms with Crippen molar-refractivity contribution in [2.75, 3.05) is 18.5 Å². The highest BCUT2D eigenvalue weighted by atomic mass is 16.7. The van der Waals surface area contributed by atoms with Gasteiger partial charge in [0.05, 0.1) is 11.3 Å². The van der Waals surface area contributed by atoms with Crippen molar-refractivity contribution in [3.63, 3.8) is 0 Å². The van der Waals surface area contributed by atoms with E-state index in [0.29, 0.717) is 37.2 Å². The molecule has 1 aromatic rings. The van der Waals surface area contributed by atoms with E-state index in [0.717, 1.165) is 5.06 Å². The Kier molecular flexibility index (Phi) is 9.57. The van der Waals surface area contributed by atoms with Crippen molar-refractivity contribution < 1.29 is 19.2 Å². The van der Waals surface area contributed by atoms with Crippen LogP contribution in [0.3, 0.4) is 0 Å². The fourth-order valence-electron chi connectivity index (χ4n) is 2.46. The second-order valence-corrected chi connectivity index (χ2v) is 8.05. The highest BCUT2D eigenvalue weighted by Gasteiger charge is 2.30. The molecule has 0 saturated heterocycles. The standard InChI is InChI=1S/C20H33N5O4/c1-14(2)12-17(25(13-26)29-20(3,4)5)19(28)24-23-16-8-6-15(7-9-16)18(27)22-11-10-21/h6-9,13-14,17,23H,10-12,21H2,1-5H3,(H,22,27)(H,24,28)/t17-/m0/s1. The number of nitrogens with one attached hydrogen (secondary N) is 3. The first-order valence-corrected chi connectivity index (χ1v) is 9.64. The maximum absolute atomic E-state index is 12.7. The second-order valence-electron chi connectivity index (χ2n) is 8.05. The second kappa shape index (κ2) is 11.4. The summed E-state index contributed by atoms with van der Waals surface area (Å²) < 4.78 is 0. The summed E-state index contributed by atoms with van der Waals surface area (Å²) >= 11 is 0. The molecule has 0 unspecified atom stereocenters. The van der Waals surface area contributed by atoms with Gasteiger partial charge in [0, 0.05) is 18.7 Å². The summed E-state index contributed by atoms with van der Waals surface area (Å²) in [6.45, 7) is 10.1. The van der Waals surface area contributed by atoms with E-state index in [1.807, 2.05) is 13.8 Å². The van der Waals surface area contributed by atoms with Gasteiger partial charge in [0.2, 0.25) is 6.41 Å². The van der Waals surface area contributed by atoms with Gasteiger partial charge >= 0.3 is 0 Å². The number of carbonyl (C=O) groups is 3. The Morgan fingerprint density at radius 3 is 2.31 bits per heavy atom. The Bertz CT molecular complexity index is 670. The molecule has 1 aromatic carbocycles. The van der Waals surface area contributed by atoms with Crippen molar-refractivity contribution in [1.29, 1.82) is 0 Å². The summed E-state index contributed by atoms with van der Waals surface area (Å²) in [4.78, 5) is 41.7. The molecule has 3 amide bonds. The fraction of sp³-hybridized carbons (Fsp3) is 0.550. The lowest BCUT2D eigenvalue weighted by atomic mass is 10.0. The van der Waals surface area contributed by atoms with Crippen LogP contribution in [0.1, 0.15) is 51.4 Å². The predicted octanol–water partition coefficient (Wildman–Crippen LogP) is 1.42. The molecule has 0 aliphatic carbocycles. The van der Waals surface area contributed by atoms with Crippen molar-refractivity contribution in [2.45, 2.75) is 52.7 Å². The van der Waals surface area contributed by atoms with Crippen LogP contribution in [-0.2, 0) is 14.4 Å². The van der Waals surface area contributed by atoms with Crippen molar-refractivity contribution in [1.82, 2.24) is 15.8 Å². The number of amides is 3. The topological polar surface area (TPSA) is 126 Å². The van der Waals surface area contributed by atoms with Crippen molar-refractivity contribution in [2.24, 2.45) is 11.7 Å². The molecular formula is C20H33N5O4. The number of rotatable bonds is 11. The average Bonchev–Trinajstić information content (AvgIpc) is 2.66. The van der Waals surface area contributed by atoms with Crippen molar-refractivity contribution >= 4 is 23.9 Å². The van der Waals surface area contributed by atoms with Crippen LogP contribution >= 0.6 is 0 Å². The van der Waals surface area contributed by atoms with Crippen LogP contribution < -0.4 is 21.9 Å². The van der Waals surface area contributed by atoms with Gasteiger partial charge in [0.25, 0.3) is 11.8 Å². The summed E-state index contributed by atoms with van der Waals surface area (Å²) in [5.74, 6) is -0.452. The molecule has 0 radical (unpaired) electrons. The summed E-state index contributed by atoms with van der Waals surface area (Å²) in [6.07, 6.45) is 0.954. The Labute approximate surface area is 172 Å². The molecule has 9 nitrogen and oxygen atoms in total. The third kappa shape index (κ3) is 8.93. The van der Waals surface area contributed by atoms with Crippen LogP contribution in [0.25, 0.3) is 0 Å². The van der Waals surface area contributed by atoms with E-state index in [-0.39, 0.29) is 11.8 Å². The van der Waals surface area contributed by atoms with E-state index in [2.05, 4.69) is 16.2 Å². The van der Waals surface area contributed by atoms with Crippen LogP contribution in [0.15, 0.2) is 24.3 Å². The SMILES string of the molecule is CC(C)C[C@@H](C(=O)NNc1ccc(C(=O)NCCN)cc1)N(C=O)OC(C)(C)C. The molecule has 0 spiro atoms. The highest BCUT2D eigenvalue weighted by molar-refractivity contribution is 5.94. The van der Waals surface area contributed by atoms with Gasteiger partial charge in [0.1, 0.15) is 6.04 Å². The lowest BCUT2D eigenvalue weighted by Gasteiger charge is -2.33. The predicted molar refractivity (Wildman–Crippen MR) is 112 cm³/mol. The zero-order valence-corrected chi connectivity index (χ0v) is 17.8.